The third-order valence-electron chi connectivity index (χ3n) is 2.36. The average Bonchev–Trinajstić information content (AvgIpc) is 2.25. The van der Waals surface area contributed by atoms with Gasteiger partial charge < -0.3 is 0 Å². The Kier molecular flexibility index (Phi) is 4.09. The summed E-state index contributed by atoms with van der Waals surface area (Å²) in [5.74, 6) is -2.39. The molecule has 6 heteroatoms. The number of carbonyl (C=O) groups excluding carboxylic acids is 1. The summed E-state index contributed by atoms with van der Waals surface area (Å²) in [6, 6.07) is 5.15. The van der Waals surface area contributed by atoms with Gasteiger partial charge >= 0.3 is 0 Å². The number of hydrogen-bond donors (Lipinski definition) is 0. The van der Waals surface area contributed by atoms with Gasteiger partial charge in [0, 0.05) is 16.7 Å². The molecule has 0 aliphatic rings. The van der Waals surface area contributed by atoms with Crippen LogP contribution in [-0.2, 0) is 0 Å². The van der Waals surface area contributed by atoms with Gasteiger partial charge in [-0.2, -0.15) is 0 Å². The molecule has 0 radical (unpaired) electrons. The SMILES string of the molecule is O=C(c1cc(F)cc(F)c1)c1c(Cl)cc(Cl)cc1Cl. The van der Waals surface area contributed by atoms with Crippen LogP contribution >= 0.6 is 34.8 Å². The van der Waals surface area contributed by atoms with E-state index in [4.69, 9.17) is 34.8 Å². The molecule has 0 aliphatic heterocycles. The minimum atomic E-state index is -0.857. The fraction of sp³-hybridized carbons (Fsp3) is 0. The summed E-state index contributed by atoms with van der Waals surface area (Å²) in [6.07, 6.45) is 0. The second kappa shape index (κ2) is 5.45. The second-order valence-corrected chi connectivity index (χ2v) is 4.98. The van der Waals surface area contributed by atoms with Crippen LogP contribution in [0.3, 0.4) is 0 Å². The molecule has 98 valence electrons. The summed E-state index contributed by atoms with van der Waals surface area (Å²) in [6.45, 7) is 0. The molecule has 0 heterocycles. The van der Waals surface area contributed by atoms with Crippen LogP contribution in [0.1, 0.15) is 15.9 Å². The lowest BCUT2D eigenvalue weighted by molar-refractivity contribution is 0.103. The molecule has 0 aliphatic carbocycles. The van der Waals surface area contributed by atoms with Crippen molar-refractivity contribution < 1.29 is 13.6 Å². The van der Waals surface area contributed by atoms with E-state index in [0.29, 0.717) is 6.07 Å². The van der Waals surface area contributed by atoms with E-state index in [0.717, 1.165) is 12.1 Å². The summed E-state index contributed by atoms with van der Waals surface area (Å²) in [5, 5.41) is 0.302. The van der Waals surface area contributed by atoms with E-state index in [1.807, 2.05) is 0 Å². The molecule has 0 atom stereocenters. The number of benzene rings is 2. The fourth-order valence-corrected chi connectivity index (χ4v) is 2.58. The molecule has 0 amide bonds. The molecule has 19 heavy (non-hydrogen) atoms. The zero-order valence-corrected chi connectivity index (χ0v) is 11.5. The third kappa shape index (κ3) is 3.06. The van der Waals surface area contributed by atoms with E-state index in [-0.39, 0.29) is 26.2 Å². The topological polar surface area (TPSA) is 17.1 Å². The summed E-state index contributed by atoms with van der Waals surface area (Å²) >= 11 is 17.5. The number of rotatable bonds is 2. The van der Waals surface area contributed by atoms with Crippen LogP contribution in [0.5, 0.6) is 0 Å². The summed E-state index contributed by atoms with van der Waals surface area (Å²) in [5.41, 5.74) is -0.221. The van der Waals surface area contributed by atoms with Gasteiger partial charge in [-0.05, 0) is 24.3 Å². The average molecular weight is 322 g/mol. The van der Waals surface area contributed by atoms with Gasteiger partial charge in [0.15, 0.2) is 5.78 Å². The highest BCUT2D eigenvalue weighted by Gasteiger charge is 2.19. The molecule has 0 unspecified atom stereocenters. The van der Waals surface area contributed by atoms with Crippen LogP contribution in [0, 0.1) is 11.6 Å². The van der Waals surface area contributed by atoms with Crippen LogP contribution in [0.15, 0.2) is 30.3 Å². The predicted octanol–water partition coefficient (Wildman–Crippen LogP) is 5.16. The maximum atomic E-state index is 13.1. The minimum Gasteiger partial charge on any atom is -0.288 e. The molecule has 0 bridgehead atoms. The largest absolute Gasteiger partial charge is 0.288 e. The Labute approximate surface area is 122 Å². The first-order valence-electron chi connectivity index (χ1n) is 5.04. The molecule has 2 aromatic carbocycles. The van der Waals surface area contributed by atoms with Gasteiger partial charge in [0.05, 0.1) is 15.6 Å². The van der Waals surface area contributed by atoms with Crippen molar-refractivity contribution in [3.63, 3.8) is 0 Å². The minimum absolute atomic E-state index is 0.0205. The van der Waals surface area contributed by atoms with Crippen LogP contribution in [0.2, 0.25) is 15.1 Å². The highest BCUT2D eigenvalue weighted by molar-refractivity contribution is 6.43. The molecule has 0 saturated heterocycles. The molecular weight excluding hydrogens is 316 g/mol. The molecule has 1 nitrogen and oxygen atoms in total. The Morgan fingerprint density at radius 2 is 1.32 bits per heavy atom. The smallest absolute Gasteiger partial charge is 0.196 e. The molecule has 0 saturated carbocycles. The summed E-state index contributed by atoms with van der Waals surface area (Å²) in [7, 11) is 0. The fourth-order valence-electron chi connectivity index (χ4n) is 1.59. The lowest BCUT2D eigenvalue weighted by atomic mass is 10.0. The van der Waals surface area contributed by atoms with Gasteiger partial charge in [-0.1, -0.05) is 34.8 Å². The van der Waals surface area contributed by atoms with Crippen molar-refractivity contribution >= 4 is 40.6 Å². The van der Waals surface area contributed by atoms with Crippen molar-refractivity contribution in [1.29, 1.82) is 0 Å². The number of carbonyl (C=O) groups is 1. The monoisotopic (exact) mass is 320 g/mol. The van der Waals surface area contributed by atoms with Crippen molar-refractivity contribution in [3.8, 4) is 0 Å². The zero-order chi connectivity index (χ0) is 14.2. The molecule has 0 spiro atoms. The van der Waals surface area contributed by atoms with Crippen molar-refractivity contribution in [2.75, 3.05) is 0 Å². The number of hydrogen-bond acceptors (Lipinski definition) is 1. The summed E-state index contributed by atoms with van der Waals surface area (Å²) in [4.78, 5) is 12.2. The Morgan fingerprint density at radius 1 is 0.842 bits per heavy atom. The first-order valence-corrected chi connectivity index (χ1v) is 6.17. The zero-order valence-electron chi connectivity index (χ0n) is 9.18. The molecule has 0 aromatic heterocycles. The van der Waals surface area contributed by atoms with Crippen molar-refractivity contribution in [3.05, 3.63) is 68.2 Å². The van der Waals surface area contributed by atoms with Crippen molar-refractivity contribution in [2.24, 2.45) is 0 Å². The van der Waals surface area contributed by atoms with E-state index < -0.39 is 17.4 Å². The Hall–Kier alpha value is -1.16. The molecule has 0 N–H and O–H groups in total. The van der Waals surface area contributed by atoms with Crippen molar-refractivity contribution in [1.82, 2.24) is 0 Å². The van der Waals surface area contributed by atoms with Gasteiger partial charge in [-0.25, -0.2) is 8.78 Å². The van der Waals surface area contributed by atoms with Gasteiger partial charge in [-0.15, -0.1) is 0 Å². The molecule has 2 rings (SSSR count). The maximum Gasteiger partial charge on any atom is 0.196 e. The highest BCUT2D eigenvalue weighted by Crippen LogP contribution is 2.31. The van der Waals surface area contributed by atoms with Crippen LogP contribution in [0.25, 0.3) is 0 Å². The van der Waals surface area contributed by atoms with Crippen molar-refractivity contribution in [2.45, 2.75) is 0 Å². The molecule has 2 aromatic rings. The van der Waals surface area contributed by atoms with E-state index in [1.54, 1.807) is 0 Å². The van der Waals surface area contributed by atoms with Gasteiger partial charge in [0.25, 0.3) is 0 Å². The quantitative estimate of drug-likeness (QED) is 0.699. The van der Waals surface area contributed by atoms with E-state index in [9.17, 15) is 13.6 Å². The Bertz CT molecular complexity index is 628. The normalized spacial score (nSPS) is 10.6. The summed E-state index contributed by atoms with van der Waals surface area (Å²) < 4.78 is 26.2. The lowest BCUT2D eigenvalue weighted by Gasteiger charge is -2.07. The standard InChI is InChI=1S/C13H5Cl3F2O/c14-7-3-10(15)12(11(16)4-7)13(19)6-1-8(17)5-9(18)2-6/h1-5H. The number of ketones is 1. The first-order chi connectivity index (χ1) is 8.88. The van der Waals surface area contributed by atoms with E-state index in [1.165, 1.54) is 12.1 Å². The predicted molar refractivity (Wildman–Crippen MR) is 71.3 cm³/mol. The highest BCUT2D eigenvalue weighted by atomic mass is 35.5. The van der Waals surface area contributed by atoms with Crippen LogP contribution in [-0.4, -0.2) is 5.78 Å². The van der Waals surface area contributed by atoms with Gasteiger partial charge in [0.1, 0.15) is 11.6 Å². The Balaban J connectivity index is 2.56. The molecule has 0 fully saturated rings. The van der Waals surface area contributed by atoms with Gasteiger partial charge in [-0.3, -0.25) is 4.79 Å². The molecular formula is C13H5Cl3F2O. The van der Waals surface area contributed by atoms with Gasteiger partial charge in [0.2, 0.25) is 0 Å². The number of halogens is 5. The lowest BCUT2D eigenvalue weighted by Crippen LogP contribution is -2.04. The third-order valence-corrected chi connectivity index (χ3v) is 3.17. The first kappa shape index (κ1) is 14.3. The van der Waals surface area contributed by atoms with E-state index in [2.05, 4.69) is 0 Å². The second-order valence-electron chi connectivity index (χ2n) is 3.73. The van der Waals surface area contributed by atoms with E-state index >= 15 is 0 Å². The maximum absolute atomic E-state index is 13.1. The van der Waals surface area contributed by atoms with Crippen LogP contribution in [0.4, 0.5) is 8.78 Å². The van der Waals surface area contributed by atoms with Crippen LogP contribution < -0.4 is 0 Å². The Morgan fingerprint density at radius 3 is 1.79 bits per heavy atom.